The molecule has 1 amide bonds. The molecule has 5 nitrogen and oxygen atoms in total. The minimum atomic E-state index is -1.40. The van der Waals surface area contributed by atoms with Crippen LogP contribution in [-0.2, 0) is 11.3 Å². The summed E-state index contributed by atoms with van der Waals surface area (Å²) in [6, 6.07) is 6.04. The van der Waals surface area contributed by atoms with Gasteiger partial charge in [0.1, 0.15) is 5.75 Å². The summed E-state index contributed by atoms with van der Waals surface area (Å²) in [6.07, 6.45) is 1.21. The lowest BCUT2D eigenvalue weighted by molar-refractivity contribution is -0.142. The van der Waals surface area contributed by atoms with E-state index in [1.807, 2.05) is 25.1 Å². The third-order valence-electron chi connectivity index (χ3n) is 3.89. The first-order valence-electron chi connectivity index (χ1n) is 6.83. The quantitative estimate of drug-likeness (QED) is 0.855. The molecule has 0 bridgehead atoms. The third-order valence-corrected chi connectivity index (χ3v) is 3.89. The smallest absolute Gasteiger partial charge is 0.250 e. The van der Waals surface area contributed by atoms with E-state index >= 15 is 0 Å². The summed E-state index contributed by atoms with van der Waals surface area (Å²) in [5.41, 5.74) is 6.08. The molecular weight excluding hydrogens is 256 g/mol. The number of hydrogen-bond donors (Lipinski definition) is 2. The molecule has 1 aromatic rings. The Morgan fingerprint density at radius 2 is 2.30 bits per heavy atom. The average Bonchev–Trinajstić information content (AvgIpc) is 2.41. The van der Waals surface area contributed by atoms with Gasteiger partial charge >= 0.3 is 0 Å². The molecule has 2 rings (SSSR count). The van der Waals surface area contributed by atoms with Crippen molar-refractivity contribution in [3.63, 3.8) is 0 Å². The van der Waals surface area contributed by atoms with Gasteiger partial charge in [0.05, 0.1) is 7.11 Å². The molecule has 20 heavy (non-hydrogen) atoms. The van der Waals surface area contributed by atoms with Gasteiger partial charge in [-0.15, -0.1) is 0 Å². The molecule has 1 aliphatic rings. The molecule has 0 aromatic heterocycles. The molecular formula is C15H22N2O3. The fourth-order valence-corrected chi connectivity index (χ4v) is 2.68. The van der Waals surface area contributed by atoms with E-state index in [4.69, 9.17) is 10.5 Å². The predicted octanol–water partition coefficient (Wildman–Crippen LogP) is 0.816. The standard InChI is InChI=1S/C15H22N2O3/c1-11-4-5-12(8-13(11)20-2)9-17-7-3-6-15(19,10-17)14(16)18/h4-5,8,19H,3,6-7,9-10H2,1-2H3,(H2,16,18). The second-order valence-corrected chi connectivity index (χ2v) is 5.51. The fourth-order valence-electron chi connectivity index (χ4n) is 2.68. The third kappa shape index (κ3) is 3.11. The number of aliphatic hydroxyl groups is 1. The number of rotatable bonds is 4. The predicted molar refractivity (Wildman–Crippen MR) is 76.4 cm³/mol. The summed E-state index contributed by atoms with van der Waals surface area (Å²) in [6.45, 7) is 3.81. The Morgan fingerprint density at radius 3 is 2.95 bits per heavy atom. The van der Waals surface area contributed by atoms with E-state index in [2.05, 4.69) is 4.90 Å². The van der Waals surface area contributed by atoms with Crippen molar-refractivity contribution < 1.29 is 14.6 Å². The lowest BCUT2D eigenvalue weighted by atomic mass is 9.92. The van der Waals surface area contributed by atoms with Gasteiger partial charge in [0, 0.05) is 13.1 Å². The first kappa shape index (κ1) is 14.8. The number of nitrogens with zero attached hydrogens (tertiary/aromatic N) is 1. The Balaban J connectivity index is 2.08. The van der Waals surface area contributed by atoms with E-state index in [9.17, 15) is 9.90 Å². The highest BCUT2D eigenvalue weighted by molar-refractivity contribution is 5.83. The SMILES string of the molecule is COc1cc(CN2CCCC(O)(C(N)=O)C2)ccc1C. The summed E-state index contributed by atoms with van der Waals surface area (Å²) in [5.74, 6) is 0.216. The molecule has 1 aliphatic heterocycles. The van der Waals surface area contributed by atoms with Crippen LogP contribution in [0.3, 0.4) is 0 Å². The van der Waals surface area contributed by atoms with Crippen molar-refractivity contribution >= 4 is 5.91 Å². The van der Waals surface area contributed by atoms with E-state index < -0.39 is 11.5 Å². The van der Waals surface area contributed by atoms with Crippen molar-refractivity contribution in [2.24, 2.45) is 5.73 Å². The van der Waals surface area contributed by atoms with Gasteiger partial charge in [-0.3, -0.25) is 9.69 Å². The van der Waals surface area contributed by atoms with Gasteiger partial charge < -0.3 is 15.6 Å². The Bertz CT molecular complexity index is 504. The van der Waals surface area contributed by atoms with Crippen LogP contribution in [-0.4, -0.2) is 41.7 Å². The van der Waals surface area contributed by atoms with Crippen molar-refractivity contribution in [1.82, 2.24) is 4.90 Å². The monoisotopic (exact) mass is 278 g/mol. The van der Waals surface area contributed by atoms with E-state index in [1.54, 1.807) is 7.11 Å². The van der Waals surface area contributed by atoms with Crippen LogP contribution in [0.15, 0.2) is 18.2 Å². The van der Waals surface area contributed by atoms with E-state index in [0.29, 0.717) is 19.5 Å². The highest BCUT2D eigenvalue weighted by Gasteiger charge is 2.38. The first-order valence-corrected chi connectivity index (χ1v) is 6.83. The number of nitrogens with two attached hydrogens (primary N) is 1. The Hall–Kier alpha value is -1.59. The molecule has 0 spiro atoms. The van der Waals surface area contributed by atoms with Crippen molar-refractivity contribution in [1.29, 1.82) is 0 Å². The Labute approximate surface area is 119 Å². The number of carbonyl (C=O) groups is 1. The highest BCUT2D eigenvalue weighted by Crippen LogP contribution is 2.24. The van der Waals surface area contributed by atoms with Gasteiger partial charge in [0.2, 0.25) is 0 Å². The van der Waals surface area contributed by atoms with Crippen LogP contribution >= 0.6 is 0 Å². The van der Waals surface area contributed by atoms with Crippen molar-refractivity contribution in [2.75, 3.05) is 20.2 Å². The molecule has 1 aromatic carbocycles. The average molecular weight is 278 g/mol. The largest absolute Gasteiger partial charge is 0.496 e. The number of primary amides is 1. The minimum Gasteiger partial charge on any atom is -0.496 e. The number of hydrogen-bond acceptors (Lipinski definition) is 4. The maximum Gasteiger partial charge on any atom is 0.250 e. The van der Waals surface area contributed by atoms with Crippen LogP contribution in [0.4, 0.5) is 0 Å². The van der Waals surface area contributed by atoms with Crippen LogP contribution in [0.25, 0.3) is 0 Å². The molecule has 5 heteroatoms. The van der Waals surface area contributed by atoms with Crippen LogP contribution in [0.1, 0.15) is 24.0 Å². The number of aryl methyl sites for hydroxylation is 1. The number of piperidine rings is 1. The number of ether oxygens (including phenoxy) is 1. The van der Waals surface area contributed by atoms with Gasteiger partial charge in [-0.05, 0) is 43.5 Å². The maximum atomic E-state index is 11.3. The van der Waals surface area contributed by atoms with Crippen LogP contribution in [0.2, 0.25) is 0 Å². The Kier molecular flexibility index (Phi) is 4.30. The molecule has 1 heterocycles. The molecule has 0 saturated carbocycles. The highest BCUT2D eigenvalue weighted by atomic mass is 16.5. The lowest BCUT2D eigenvalue weighted by Crippen LogP contribution is -2.55. The molecule has 110 valence electrons. The van der Waals surface area contributed by atoms with Crippen molar-refractivity contribution in [3.8, 4) is 5.75 Å². The second-order valence-electron chi connectivity index (χ2n) is 5.51. The fraction of sp³-hybridized carbons (Fsp3) is 0.533. The summed E-state index contributed by atoms with van der Waals surface area (Å²) < 4.78 is 5.31. The molecule has 0 radical (unpaired) electrons. The molecule has 1 unspecified atom stereocenters. The number of β-amino-alcohol motifs (C(OH)–C–C–N with tert-alkyl or cyclic N) is 1. The molecule has 3 N–H and O–H groups in total. The van der Waals surface area contributed by atoms with Crippen LogP contribution in [0, 0.1) is 6.92 Å². The van der Waals surface area contributed by atoms with E-state index in [-0.39, 0.29) is 0 Å². The molecule has 0 aliphatic carbocycles. The number of benzene rings is 1. The summed E-state index contributed by atoms with van der Waals surface area (Å²) >= 11 is 0. The van der Waals surface area contributed by atoms with Gasteiger partial charge in [-0.2, -0.15) is 0 Å². The molecule has 1 saturated heterocycles. The van der Waals surface area contributed by atoms with Crippen LogP contribution in [0.5, 0.6) is 5.75 Å². The van der Waals surface area contributed by atoms with Gasteiger partial charge in [0.25, 0.3) is 5.91 Å². The number of amides is 1. The van der Waals surface area contributed by atoms with Crippen LogP contribution < -0.4 is 10.5 Å². The number of likely N-dealkylation sites (tertiary alicyclic amines) is 1. The van der Waals surface area contributed by atoms with E-state index in [0.717, 1.165) is 29.8 Å². The molecule has 1 fully saturated rings. The topological polar surface area (TPSA) is 75.8 Å². The van der Waals surface area contributed by atoms with Gasteiger partial charge in [-0.25, -0.2) is 0 Å². The summed E-state index contributed by atoms with van der Waals surface area (Å²) in [4.78, 5) is 13.4. The zero-order valence-corrected chi connectivity index (χ0v) is 12.1. The lowest BCUT2D eigenvalue weighted by Gasteiger charge is -2.37. The van der Waals surface area contributed by atoms with E-state index in [1.165, 1.54) is 0 Å². The first-order chi connectivity index (χ1) is 9.44. The summed E-state index contributed by atoms with van der Waals surface area (Å²) in [7, 11) is 1.65. The summed E-state index contributed by atoms with van der Waals surface area (Å²) in [5, 5.41) is 10.2. The zero-order chi connectivity index (χ0) is 14.8. The second kappa shape index (κ2) is 5.81. The molecule has 1 atom stereocenters. The number of methoxy groups -OCH3 is 1. The zero-order valence-electron chi connectivity index (χ0n) is 12.1. The Morgan fingerprint density at radius 1 is 1.55 bits per heavy atom. The number of carbonyl (C=O) groups excluding carboxylic acids is 1. The maximum absolute atomic E-state index is 11.3. The van der Waals surface area contributed by atoms with Crippen molar-refractivity contribution in [2.45, 2.75) is 31.9 Å². The van der Waals surface area contributed by atoms with Gasteiger partial charge in [-0.1, -0.05) is 12.1 Å². The minimum absolute atomic E-state index is 0.290. The normalized spacial score (nSPS) is 23.6. The van der Waals surface area contributed by atoms with Crippen molar-refractivity contribution in [3.05, 3.63) is 29.3 Å². The van der Waals surface area contributed by atoms with Gasteiger partial charge in [0.15, 0.2) is 5.60 Å².